The summed E-state index contributed by atoms with van der Waals surface area (Å²) in [5.41, 5.74) is 2.34. The lowest BCUT2D eigenvalue weighted by Gasteiger charge is -2.06. The fourth-order valence-corrected chi connectivity index (χ4v) is 1.74. The van der Waals surface area contributed by atoms with Crippen molar-refractivity contribution < 1.29 is 13.6 Å². The first-order valence-electron chi connectivity index (χ1n) is 5.79. The summed E-state index contributed by atoms with van der Waals surface area (Å²) < 4.78 is 25.7. The molecule has 0 spiro atoms. The standard InChI is InChI=1S/C15H13F2NO/c1-19-18-15(12-4-8-14(17)9-5-12)10-11-2-6-13(16)7-3-11/h2-9H,10H2,1H3/b18-15-. The summed E-state index contributed by atoms with van der Waals surface area (Å²) in [5.74, 6) is -0.585. The summed E-state index contributed by atoms with van der Waals surface area (Å²) in [7, 11) is 1.45. The van der Waals surface area contributed by atoms with Gasteiger partial charge in [0.1, 0.15) is 18.7 Å². The summed E-state index contributed by atoms with van der Waals surface area (Å²) >= 11 is 0. The van der Waals surface area contributed by atoms with E-state index in [1.54, 1.807) is 24.3 Å². The van der Waals surface area contributed by atoms with Gasteiger partial charge in [-0.1, -0.05) is 29.4 Å². The van der Waals surface area contributed by atoms with Crippen molar-refractivity contribution in [3.8, 4) is 0 Å². The van der Waals surface area contributed by atoms with Gasteiger partial charge in [0.2, 0.25) is 0 Å². The average Bonchev–Trinajstić information content (AvgIpc) is 2.42. The van der Waals surface area contributed by atoms with Gasteiger partial charge in [0.25, 0.3) is 0 Å². The van der Waals surface area contributed by atoms with Crippen LogP contribution >= 0.6 is 0 Å². The second-order valence-corrected chi connectivity index (χ2v) is 4.03. The van der Waals surface area contributed by atoms with Gasteiger partial charge in [-0.05, 0) is 35.4 Å². The molecule has 19 heavy (non-hydrogen) atoms. The molecule has 98 valence electrons. The quantitative estimate of drug-likeness (QED) is 0.609. The molecular formula is C15H13F2NO. The van der Waals surface area contributed by atoms with Crippen molar-refractivity contribution in [3.05, 3.63) is 71.3 Å². The van der Waals surface area contributed by atoms with E-state index < -0.39 is 0 Å². The van der Waals surface area contributed by atoms with E-state index in [-0.39, 0.29) is 11.6 Å². The summed E-state index contributed by atoms with van der Waals surface area (Å²) in [6.07, 6.45) is 0.486. The fourth-order valence-electron chi connectivity index (χ4n) is 1.74. The van der Waals surface area contributed by atoms with E-state index in [1.165, 1.54) is 31.4 Å². The molecule has 0 saturated heterocycles. The Morgan fingerprint density at radius 3 is 2.00 bits per heavy atom. The van der Waals surface area contributed by atoms with Crippen molar-refractivity contribution >= 4 is 5.71 Å². The molecule has 4 heteroatoms. The number of oxime groups is 1. The smallest absolute Gasteiger partial charge is 0.123 e. The molecule has 0 aromatic heterocycles. The SMILES string of the molecule is CO/N=C(/Cc1ccc(F)cc1)c1ccc(F)cc1. The molecule has 0 radical (unpaired) electrons. The van der Waals surface area contributed by atoms with E-state index in [9.17, 15) is 8.78 Å². The molecule has 2 nitrogen and oxygen atoms in total. The highest BCUT2D eigenvalue weighted by atomic mass is 19.1. The van der Waals surface area contributed by atoms with Crippen molar-refractivity contribution in [2.75, 3.05) is 7.11 Å². The van der Waals surface area contributed by atoms with Crippen molar-refractivity contribution in [1.29, 1.82) is 0 Å². The average molecular weight is 261 g/mol. The number of nitrogens with zero attached hydrogens (tertiary/aromatic N) is 1. The third-order valence-corrected chi connectivity index (χ3v) is 2.66. The Kier molecular flexibility index (Phi) is 4.23. The van der Waals surface area contributed by atoms with Crippen LogP contribution in [-0.2, 0) is 11.3 Å². The topological polar surface area (TPSA) is 21.6 Å². The van der Waals surface area contributed by atoms with Gasteiger partial charge in [0.05, 0.1) is 5.71 Å². The minimum Gasteiger partial charge on any atom is -0.399 e. The van der Waals surface area contributed by atoms with Crippen LogP contribution in [0.25, 0.3) is 0 Å². The van der Waals surface area contributed by atoms with E-state index in [0.717, 1.165) is 11.1 Å². The van der Waals surface area contributed by atoms with Crippen molar-refractivity contribution in [3.63, 3.8) is 0 Å². The second kappa shape index (κ2) is 6.09. The summed E-state index contributed by atoms with van der Waals surface area (Å²) in [4.78, 5) is 4.80. The number of hydrogen-bond donors (Lipinski definition) is 0. The van der Waals surface area contributed by atoms with Gasteiger partial charge in [-0.2, -0.15) is 0 Å². The number of rotatable bonds is 4. The first-order chi connectivity index (χ1) is 9.19. The monoisotopic (exact) mass is 261 g/mol. The van der Waals surface area contributed by atoms with Gasteiger partial charge in [-0.15, -0.1) is 0 Å². The maximum atomic E-state index is 12.9. The van der Waals surface area contributed by atoms with E-state index >= 15 is 0 Å². The Morgan fingerprint density at radius 2 is 1.47 bits per heavy atom. The van der Waals surface area contributed by atoms with E-state index in [1.807, 2.05) is 0 Å². The first-order valence-corrected chi connectivity index (χ1v) is 5.79. The van der Waals surface area contributed by atoms with Gasteiger partial charge in [-0.25, -0.2) is 8.78 Å². The molecule has 0 bridgehead atoms. The third kappa shape index (κ3) is 3.61. The van der Waals surface area contributed by atoms with Crippen LogP contribution in [0.15, 0.2) is 53.7 Å². The largest absolute Gasteiger partial charge is 0.399 e. The van der Waals surface area contributed by atoms with Crippen LogP contribution in [0.3, 0.4) is 0 Å². The highest BCUT2D eigenvalue weighted by molar-refractivity contribution is 6.01. The Balaban J connectivity index is 2.24. The van der Waals surface area contributed by atoms with Crippen LogP contribution in [0.4, 0.5) is 8.78 Å². The fraction of sp³-hybridized carbons (Fsp3) is 0.133. The van der Waals surface area contributed by atoms with Crippen molar-refractivity contribution in [1.82, 2.24) is 0 Å². The molecule has 2 rings (SSSR count). The Labute approximate surface area is 110 Å². The van der Waals surface area contributed by atoms with Gasteiger partial charge < -0.3 is 4.84 Å². The highest BCUT2D eigenvalue weighted by Crippen LogP contribution is 2.11. The minimum atomic E-state index is -0.303. The van der Waals surface area contributed by atoms with Crippen LogP contribution in [0.5, 0.6) is 0 Å². The minimum absolute atomic E-state index is 0.282. The molecule has 0 unspecified atom stereocenters. The van der Waals surface area contributed by atoms with Crippen LogP contribution in [-0.4, -0.2) is 12.8 Å². The number of hydrogen-bond acceptors (Lipinski definition) is 2. The first kappa shape index (κ1) is 13.2. The van der Waals surface area contributed by atoms with Gasteiger partial charge in [-0.3, -0.25) is 0 Å². The Bertz CT molecular complexity index is 562. The van der Waals surface area contributed by atoms with E-state index in [2.05, 4.69) is 5.16 Å². The van der Waals surface area contributed by atoms with Crippen LogP contribution in [0, 0.1) is 11.6 Å². The molecule has 0 fully saturated rings. The molecule has 0 heterocycles. The van der Waals surface area contributed by atoms with Crippen LogP contribution < -0.4 is 0 Å². The summed E-state index contributed by atoms with van der Waals surface area (Å²) in [6, 6.07) is 12.2. The molecule has 0 N–H and O–H groups in total. The Morgan fingerprint density at radius 1 is 0.947 bits per heavy atom. The lowest BCUT2D eigenvalue weighted by molar-refractivity contribution is 0.213. The molecule has 0 aliphatic rings. The second-order valence-electron chi connectivity index (χ2n) is 4.03. The maximum absolute atomic E-state index is 12.9. The third-order valence-electron chi connectivity index (χ3n) is 2.66. The van der Waals surface area contributed by atoms with E-state index in [0.29, 0.717) is 12.1 Å². The molecule has 0 aliphatic carbocycles. The van der Waals surface area contributed by atoms with Gasteiger partial charge >= 0.3 is 0 Å². The zero-order valence-electron chi connectivity index (χ0n) is 10.4. The normalized spacial score (nSPS) is 11.4. The predicted octanol–water partition coefficient (Wildman–Crippen LogP) is 3.56. The molecule has 2 aromatic carbocycles. The molecule has 0 saturated carbocycles. The van der Waals surface area contributed by atoms with Crippen molar-refractivity contribution in [2.45, 2.75) is 6.42 Å². The molecule has 0 atom stereocenters. The van der Waals surface area contributed by atoms with E-state index in [4.69, 9.17) is 4.84 Å². The molecule has 0 amide bonds. The molecule has 2 aromatic rings. The maximum Gasteiger partial charge on any atom is 0.123 e. The number of benzene rings is 2. The van der Waals surface area contributed by atoms with Gasteiger partial charge in [0.15, 0.2) is 0 Å². The zero-order chi connectivity index (χ0) is 13.7. The lowest BCUT2D eigenvalue weighted by atomic mass is 10.0. The summed E-state index contributed by atoms with van der Waals surface area (Å²) in [6.45, 7) is 0. The van der Waals surface area contributed by atoms with Crippen LogP contribution in [0.1, 0.15) is 11.1 Å². The summed E-state index contributed by atoms with van der Waals surface area (Å²) in [5, 5.41) is 3.94. The predicted molar refractivity (Wildman–Crippen MR) is 70.1 cm³/mol. The van der Waals surface area contributed by atoms with Crippen molar-refractivity contribution in [2.24, 2.45) is 5.16 Å². The van der Waals surface area contributed by atoms with Gasteiger partial charge in [0, 0.05) is 6.42 Å². The number of halogens is 2. The lowest BCUT2D eigenvalue weighted by Crippen LogP contribution is -2.06. The highest BCUT2D eigenvalue weighted by Gasteiger charge is 2.07. The van der Waals surface area contributed by atoms with Crippen LogP contribution in [0.2, 0.25) is 0 Å². The molecular weight excluding hydrogens is 248 g/mol. The Hall–Kier alpha value is -2.23. The zero-order valence-corrected chi connectivity index (χ0v) is 10.4. The molecule has 0 aliphatic heterocycles.